The molecule has 0 unspecified atom stereocenters. The maximum absolute atomic E-state index is 12.9. The molecule has 0 radical (unpaired) electrons. The van der Waals surface area contributed by atoms with Gasteiger partial charge in [-0.15, -0.1) is 0 Å². The largest absolute Gasteiger partial charge is 0.490 e. The summed E-state index contributed by atoms with van der Waals surface area (Å²) in [5, 5.41) is 2.99. The third-order valence-electron chi connectivity index (χ3n) is 4.93. The van der Waals surface area contributed by atoms with Crippen LogP contribution in [0.5, 0.6) is 11.5 Å². The van der Waals surface area contributed by atoms with E-state index in [-0.39, 0.29) is 5.91 Å². The van der Waals surface area contributed by atoms with Crippen molar-refractivity contribution in [2.45, 2.75) is 34.3 Å². The van der Waals surface area contributed by atoms with Crippen LogP contribution in [0.2, 0.25) is 0 Å². The highest BCUT2D eigenvalue weighted by Gasteiger charge is 2.17. The predicted molar refractivity (Wildman–Crippen MR) is 125 cm³/mol. The molecule has 0 heterocycles. The van der Waals surface area contributed by atoms with Gasteiger partial charge in [-0.2, -0.15) is 0 Å². The molecule has 3 aromatic rings. The van der Waals surface area contributed by atoms with E-state index in [9.17, 15) is 4.79 Å². The summed E-state index contributed by atoms with van der Waals surface area (Å²) in [4.78, 5) is 12.9. The first kappa shape index (κ1) is 21.9. The highest BCUT2D eigenvalue weighted by atomic mass is 79.9. The molecule has 1 amide bonds. The second kappa shape index (κ2) is 9.81. The van der Waals surface area contributed by atoms with E-state index in [0.29, 0.717) is 34.7 Å². The van der Waals surface area contributed by atoms with Gasteiger partial charge in [-0.25, -0.2) is 0 Å². The lowest BCUT2D eigenvalue weighted by Gasteiger charge is -2.16. The fourth-order valence-corrected chi connectivity index (χ4v) is 3.58. The molecule has 4 nitrogen and oxygen atoms in total. The fraction of sp³-hybridized carbons (Fsp3) is 0.240. The Balaban J connectivity index is 1.83. The molecule has 0 aliphatic rings. The van der Waals surface area contributed by atoms with Crippen LogP contribution in [0.25, 0.3) is 0 Å². The van der Waals surface area contributed by atoms with E-state index >= 15 is 0 Å². The van der Waals surface area contributed by atoms with Gasteiger partial charge in [-0.1, -0.05) is 42.0 Å². The molecular weight excluding hydrogens is 442 g/mol. The molecule has 5 heteroatoms. The van der Waals surface area contributed by atoms with E-state index in [2.05, 4.69) is 40.3 Å². The zero-order valence-corrected chi connectivity index (χ0v) is 19.3. The smallest absolute Gasteiger partial charge is 0.255 e. The van der Waals surface area contributed by atoms with Crippen LogP contribution in [0.4, 0.5) is 5.69 Å². The summed E-state index contributed by atoms with van der Waals surface area (Å²) in [6.07, 6.45) is 0. The summed E-state index contributed by atoms with van der Waals surface area (Å²) in [5.74, 6) is 0.918. The summed E-state index contributed by atoms with van der Waals surface area (Å²) in [6.45, 7) is 8.85. The molecule has 0 atom stereocenters. The number of carbonyl (C=O) groups is 1. The van der Waals surface area contributed by atoms with Gasteiger partial charge in [0.1, 0.15) is 6.61 Å². The number of rotatable bonds is 7. The second-order valence-corrected chi connectivity index (χ2v) is 8.05. The minimum absolute atomic E-state index is 0.199. The van der Waals surface area contributed by atoms with E-state index in [1.54, 1.807) is 12.1 Å². The SMILES string of the molecule is CCOc1cc(C(=O)Nc2cccc(C)c2C)cc(Br)c1OCc1ccc(C)cc1. The summed E-state index contributed by atoms with van der Waals surface area (Å²) in [5.41, 5.74) is 5.74. The number of hydrogen-bond donors (Lipinski definition) is 1. The van der Waals surface area contributed by atoms with Crippen LogP contribution in [0.1, 0.15) is 39.5 Å². The van der Waals surface area contributed by atoms with Gasteiger partial charge in [-0.05, 0) is 78.5 Å². The van der Waals surface area contributed by atoms with Crippen molar-refractivity contribution in [3.05, 3.63) is 86.9 Å². The van der Waals surface area contributed by atoms with Crippen molar-refractivity contribution in [2.75, 3.05) is 11.9 Å². The number of amides is 1. The molecule has 30 heavy (non-hydrogen) atoms. The Bertz CT molecular complexity index is 1050. The lowest BCUT2D eigenvalue weighted by atomic mass is 10.1. The van der Waals surface area contributed by atoms with Gasteiger partial charge in [0, 0.05) is 11.3 Å². The minimum Gasteiger partial charge on any atom is -0.490 e. The lowest BCUT2D eigenvalue weighted by Crippen LogP contribution is -2.14. The number of hydrogen-bond acceptors (Lipinski definition) is 3. The number of anilines is 1. The van der Waals surface area contributed by atoms with E-state index in [1.807, 2.05) is 51.1 Å². The normalized spacial score (nSPS) is 10.6. The molecule has 0 bridgehead atoms. The van der Waals surface area contributed by atoms with Gasteiger partial charge in [0.25, 0.3) is 5.91 Å². The predicted octanol–water partition coefficient (Wildman–Crippen LogP) is 6.60. The van der Waals surface area contributed by atoms with E-state index < -0.39 is 0 Å². The van der Waals surface area contributed by atoms with Crippen LogP contribution < -0.4 is 14.8 Å². The second-order valence-electron chi connectivity index (χ2n) is 7.19. The summed E-state index contributed by atoms with van der Waals surface area (Å²) in [6, 6.07) is 17.5. The molecule has 0 saturated carbocycles. The van der Waals surface area contributed by atoms with E-state index in [1.165, 1.54) is 5.56 Å². The minimum atomic E-state index is -0.199. The van der Waals surface area contributed by atoms with Gasteiger partial charge in [-0.3, -0.25) is 4.79 Å². The van der Waals surface area contributed by atoms with Gasteiger partial charge >= 0.3 is 0 Å². The zero-order valence-electron chi connectivity index (χ0n) is 17.7. The Kier molecular flexibility index (Phi) is 7.16. The van der Waals surface area contributed by atoms with Gasteiger partial charge in [0.05, 0.1) is 11.1 Å². The van der Waals surface area contributed by atoms with Crippen LogP contribution in [0.15, 0.2) is 59.1 Å². The van der Waals surface area contributed by atoms with Crippen LogP contribution in [0.3, 0.4) is 0 Å². The summed E-state index contributed by atoms with van der Waals surface area (Å²) >= 11 is 3.55. The Labute approximate surface area is 186 Å². The fourth-order valence-electron chi connectivity index (χ4n) is 3.02. The van der Waals surface area contributed by atoms with Crippen LogP contribution in [-0.2, 0) is 6.61 Å². The number of halogens is 1. The first-order valence-corrected chi connectivity index (χ1v) is 10.7. The quantitative estimate of drug-likeness (QED) is 0.425. The van der Waals surface area contributed by atoms with Crippen molar-refractivity contribution in [2.24, 2.45) is 0 Å². The lowest BCUT2D eigenvalue weighted by molar-refractivity contribution is 0.102. The van der Waals surface area contributed by atoms with Crippen LogP contribution >= 0.6 is 15.9 Å². The Morgan fingerprint density at radius 1 is 1.00 bits per heavy atom. The van der Waals surface area contributed by atoms with Crippen molar-refractivity contribution >= 4 is 27.5 Å². The van der Waals surface area contributed by atoms with Crippen LogP contribution in [0, 0.1) is 20.8 Å². The van der Waals surface area contributed by atoms with Gasteiger partial charge < -0.3 is 14.8 Å². The average Bonchev–Trinajstić information content (AvgIpc) is 2.72. The third kappa shape index (κ3) is 5.22. The molecule has 0 aromatic heterocycles. The highest BCUT2D eigenvalue weighted by Crippen LogP contribution is 2.38. The number of benzene rings is 3. The van der Waals surface area contributed by atoms with Gasteiger partial charge in [0.2, 0.25) is 0 Å². The maximum Gasteiger partial charge on any atom is 0.255 e. The molecule has 0 saturated heterocycles. The van der Waals surface area contributed by atoms with E-state index in [4.69, 9.17) is 9.47 Å². The Hall–Kier alpha value is -2.79. The van der Waals surface area contributed by atoms with E-state index in [0.717, 1.165) is 22.4 Å². The highest BCUT2D eigenvalue weighted by molar-refractivity contribution is 9.10. The first-order valence-electron chi connectivity index (χ1n) is 9.91. The molecular formula is C25H26BrNO3. The van der Waals surface area contributed by atoms with Crippen LogP contribution in [-0.4, -0.2) is 12.5 Å². The molecule has 1 N–H and O–H groups in total. The first-order chi connectivity index (χ1) is 14.4. The molecule has 156 valence electrons. The molecule has 0 fully saturated rings. The number of nitrogens with one attached hydrogen (secondary N) is 1. The molecule has 0 spiro atoms. The molecule has 0 aliphatic heterocycles. The monoisotopic (exact) mass is 467 g/mol. The average molecular weight is 468 g/mol. The van der Waals surface area contributed by atoms with Crippen molar-refractivity contribution in [3.8, 4) is 11.5 Å². The molecule has 3 rings (SSSR count). The third-order valence-corrected chi connectivity index (χ3v) is 5.52. The Morgan fingerprint density at radius 2 is 1.73 bits per heavy atom. The summed E-state index contributed by atoms with van der Waals surface area (Å²) in [7, 11) is 0. The summed E-state index contributed by atoms with van der Waals surface area (Å²) < 4.78 is 12.5. The van der Waals surface area contributed by atoms with Crippen molar-refractivity contribution < 1.29 is 14.3 Å². The molecule has 0 aliphatic carbocycles. The van der Waals surface area contributed by atoms with Gasteiger partial charge in [0.15, 0.2) is 11.5 Å². The maximum atomic E-state index is 12.9. The number of carbonyl (C=O) groups excluding carboxylic acids is 1. The topological polar surface area (TPSA) is 47.6 Å². The van der Waals surface area contributed by atoms with Crippen molar-refractivity contribution in [1.82, 2.24) is 0 Å². The number of aryl methyl sites for hydroxylation is 2. The standard InChI is InChI=1S/C25H26BrNO3/c1-5-29-23-14-20(25(28)27-22-8-6-7-17(3)18(22)4)13-21(26)24(23)30-15-19-11-9-16(2)10-12-19/h6-14H,5,15H2,1-4H3,(H,27,28). The number of ether oxygens (including phenoxy) is 2. The van der Waals surface area contributed by atoms with Crippen molar-refractivity contribution in [3.63, 3.8) is 0 Å². The van der Waals surface area contributed by atoms with Crippen molar-refractivity contribution in [1.29, 1.82) is 0 Å². The molecule has 3 aromatic carbocycles. The Morgan fingerprint density at radius 3 is 2.43 bits per heavy atom. The zero-order chi connectivity index (χ0) is 21.7.